The monoisotopic (exact) mass is 537 g/mol. The van der Waals surface area contributed by atoms with Gasteiger partial charge >= 0.3 is 0 Å². The molecule has 168 valence electrons. The van der Waals surface area contributed by atoms with Crippen LogP contribution in [0.4, 0.5) is 5.69 Å². The van der Waals surface area contributed by atoms with Crippen LogP contribution in [-0.4, -0.2) is 19.8 Å². The molecule has 0 amide bonds. The maximum atomic E-state index is 6.27. The van der Waals surface area contributed by atoms with Crippen LogP contribution in [0.3, 0.4) is 0 Å². The van der Waals surface area contributed by atoms with Crippen molar-refractivity contribution in [3.63, 3.8) is 0 Å². The Kier molecular flexibility index (Phi) is 7.55. The number of anilines is 1. The van der Waals surface area contributed by atoms with Crippen LogP contribution in [0.2, 0.25) is 10.0 Å². The summed E-state index contributed by atoms with van der Waals surface area (Å²) in [4.78, 5) is 0. The molecule has 32 heavy (non-hydrogen) atoms. The molecule has 0 unspecified atom stereocenters. The van der Waals surface area contributed by atoms with E-state index in [9.17, 15) is 0 Å². The molecule has 3 aromatic carbocycles. The minimum atomic E-state index is 0.295. The first-order chi connectivity index (χ1) is 15.5. The third-order valence-electron chi connectivity index (χ3n) is 4.80. The van der Waals surface area contributed by atoms with E-state index in [1.165, 1.54) is 0 Å². The number of ether oxygens (including phenoxy) is 4. The SMILES string of the molecule is CCOc1cc(CNc2ccc3c(c2)OCCO3)cc(Br)c1OCc1ccc(Cl)cc1Cl. The molecule has 0 atom stereocenters. The quantitative estimate of drug-likeness (QED) is 0.331. The number of hydrogen-bond acceptors (Lipinski definition) is 5. The lowest BCUT2D eigenvalue weighted by Crippen LogP contribution is -2.15. The normalized spacial score (nSPS) is 12.4. The maximum Gasteiger partial charge on any atom is 0.175 e. The van der Waals surface area contributed by atoms with Gasteiger partial charge in [-0.1, -0.05) is 29.3 Å². The highest BCUT2D eigenvalue weighted by atomic mass is 79.9. The summed E-state index contributed by atoms with van der Waals surface area (Å²) < 4.78 is 23.9. The van der Waals surface area contributed by atoms with Gasteiger partial charge in [0.25, 0.3) is 0 Å². The lowest BCUT2D eigenvalue weighted by molar-refractivity contribution is 0.171. The Labute approximate surface area is 205 Å². The van der Waals surface area contributed by atoms with E-state index in [0.717, 1.165) is 32.8 Å². The average molecular weight is 539 g/mol. The molecule has 0 saturated heterocycles. The average Bonchev–Trinajstić information content (AvgIpc) is 2.78. The third kappa shape index (κ3) is 5.55. The summed E-state index contributed by atoms with van der Waals surface area (Å²) in [6.07, 6.45) is 0. The molecular weight excluding hydrogens is 517 g/mol. The fraction of sp³-hybridized carbons (Fsp3) is 0.250. The van der Waals surface area contributed by atoms with Crippen LogP contribution in [0.5, 0.6) is 23.0 Å². The molecule has 5 nitrogen and oxygen atoms in total. The fourth-order valence-electron chi connectivity index (χ4n) is 3.27. The van der Waals surface area contributed by atoms with E-state index in [2.05, 4.69) is 21.2 Å². The molecular formula is C24H22BrCl2NO4. The zero-order chi connectivity index (χ0) is 22.5. The standard InChI is InChI=1S/C24H22BrCl2NO4/c1-2-29-23-10-15(13-28-18-5-6-21-22(12-18)31-8-7-30-21)9-19(25)24(23)32-14-16-3-4-17(26)11-20(16)27/h3-6,9-12,28H,2,7-8,13-14H2,1H3. The van der Waals surface area contributed by atoms with Crippen LogP contribution >= 0.6 is 39.1 Å². The molecule has 1 aliphatic rings. The Morgan fingerprint density at radius 1 is 0.969 bits per heavy atom. The van der Waals surface area contributed by atoms with Gasteiger partial charge < -0.3 is 24.3 Å². The third-order valence-corrected chi connectivity index (χ3v) is 5.97. The van der Waals surface area contributed by atoms with Crippen molar-refractivity contribution in [2.24, 2.45) is 0 Å². The molecule has 0 aromatic heterocycles. The number of rotatable bonds is 8. The minimum absolute atomic E-state index is 0.295. The molecule has 0 saturated carbocycles. The summed E-state index contributed by atoms with van der Waals surface area (Å²) >= 11 is 15.9. The van der Waals surface area contributed by atoms with Gasteiger partial charge in [0.05, 0.1) is 11.1 Å². The number of nitrogens with one attached hydrogen (secondary N) is 1. The zero-order valence-corrected chi connectivity index (χ0v) is 20.5. The molecule has 1 aliphatic heterocycles. The van der Waals surface area contributed by atoms with Crippen molar-refractivity contribution in [2.45, 2.75) is 20.1 Å². The molecule has 8 heteroatoms. The van der Waals surface area contributed by atoms with Gasteiger partial charge in [0, 0.05) is 33.9 Å². The molecule has 0 fully saturated rings. The van der Waals surface area contributed by atoms with Crippen molar-refractivity contribution in [3.05, 3.63) is 74.2 Å². The molecule has 1 heterocycles. The highest BCUT2D eigenvalue weighted by molar-refractivity contribution is 9.10. The highest BCUT2D eigenvalue weighted by Crippen LogP contribution is 2.38. The molecule has 0 spiro atoms. The largest absolute Gasteiger partial charge is 0.490 e. The van der Waals surface area contributed by atoms with Crippen molar-refractivity contribution in [1.82, 2.24) is 0 Å². The van der Waals surface area contributed by atoms with Crippen LogP contribution < -0.4 is 24.3 Å². The smallest absolute Gasteiger partial charge is 0.175 e. The minimum Gasteiger partial charge on any atom is -0.490 e. The number of benzene rings is 3. The number of hydrogen-bond donors (Lipinski definition) is 1. The van der Waals surface area contributed by atoms with Crippen molar-refractivity contribution in [2.75, 3.05) is 25.1 Å². The molecule has 3 aromatic rings. The summed E-state index contributed by atoms with van der Waals surface area (Å²) in [6, 6.07) is 15.1. The van der Waals surface area contributed by atoms with Crippen molar-refractivity contribution < 1.29 is 18.9 Å². The van der Waals surface area contributed by atoms with E-state index in [1.807, 2.05) is 43.3 Å². The first-order valence-corrected chi connectivity index (χ1v) is 11.7. The van der Waals surface area contributed by atoms with Gasteiger partial charge in [0.15, 0.2) is 23.0 Å². The molecule has 1 N–H and O–H groups in total. The molecule has 0 bridgehead atoms. The van der Waals surface area contributed by atoms with Gasteiger partial charge in [0.2, 0.25) is 0 Å². The summed E-state index contributed by atoms with van der Waals surface area (Å²) in [6.45, 7) is 4.49. The Morgan fingerprint density at radius 3 is 2.56 bits per heavy atom. The fourth-order valence-corrected chi connectivity index (χ4v) is 4.34. The van der Waals surface area contributed by atoms with Gasteiger partial charge in [0.1, 0.15) is 19.8 Å². The Bertz CT molecular complexity index is 1110. The summed E-state index contributed by atoms with van der Waals surface area (Å²) in [5.74, 6) is 2.80. The molecule has 0 aliphatic carbocycles. The van der Waals surface area contributed by atoms with Gasteiger partial charge in [-0.05, 0) is 64.8 Å². The van der Waals surface area contributed by atoms with E-state index in [0.29, 0.717) is 54.5 Å². The Balaban J connectivity index is 1.48. The van der Waals surface area contributed by atoms with E-state index < -0.39 is 0 Å². The lowest BCUT2D eigenvalue weighted by atomic mass is 10.2. The van der Waals surface area contributed by atoms with Crippen LogP contribution in [0.1, 0.15) is 18.1 Å². The Hall–Kier alpha value is -2.28. The van der Waals surface area contributed by atoms with Gasteiger partial charge in [-0.25, -0.2) is 0 Å². The topological polar surface area (TPSA) is 49.0 Å². The second kappa shape index (κ2) is 10.6. The number of fused-ring (bicyclic) bond motifs is 1. The predicted molar refractivity (Wildman–Crippen MR) is 131 cm³/mol. The zero-order valence-electron chi connectivity index (χ0n) is 17.4. The summed E-state index contributed by atoms with van der Waals surface area (Å²) in [7, 11) is 0. The summed E-state index contributed by atoms with van der Waals surface area (Å²) in [5.41, 5.74) is 2.82. The first kappa shape index (κ1) is 22.9. The van der Waals surface area contributed by atoms with Crippen molar-refractivity contribution >= 4 is 44.8 Å². The lowest BCUT2D eigenvalue weighted by Gasteiger charge is -2.19. The second-order valence-corrected chi connectivity index (χ2v) is 8.77. The molecule has 0 radical (unpaired) electrons. The van der Waals surface area contributed by atoms with Crippen LogP contribution in [0.15, 0.2) is 53.0 Å². The van der Waals surface area contributed by atoms with Crippen molar-refractivity contribution in [1.29, 1.82) is 0 Å². The van der Waals surface area contributed by atoms with Crippen LogP contribution in [-0.2, 0) is 13.2 Å². The molecule has 4 rings (SSSR count). The predicted octanol–water partition coefficient (Wildman–Crippen LogP) is 7.12. The van der Waals surface area contributed by atoms with E-state index >= 15 is 0 Å². The van der Waals surface area contributed by atoms with E-state index in [-0.39, 0.29) is 0 Å². The Morgan fingerprint density at radius 2 is 1.78 bits per heavy atom. The van der Waals surface area contributed by atoms with Crippen LogP contribution in [0, 0.1) is 0 Å². The van der Waals surface area contributed by atoms with E-state index in [1.54, 1.807) is 12.1 Å². The van der Waals surface area contributed by atoms with E-state index in [4.69, 9.17) is 42.1 Å². The highest BCUT2D eigenvalue weighted by Gasteiger charge is 2.15. The van der Waals surface area contributed by atoms with Gasteiger partial charge in [-0.3, -0.25) is 0 Å². The first-order valence-electron chi connectivity index (χ1n) is 10.2. The van der Waals surface area contributed by atoms with Crippen molar-refractivity contribution in [3.8, 4) is 23.0 Å². The summed E-state index contributed by atoms with van der Waals surface area (Å²) in [5, 5.41) is 4.56. The second-order valence-electron chi connectivity index (χ2n) is 7.07. The van der Waals surface area contributed by atoms with Gasteiger partial charge in [-0.2, -0.15) is 0 Å². The maximum absolute atomic E-state index is 6.27. The van der Waals surface area contributed by atoms with Gasteiger partial charge in [-0.15, -0.1) is 0 Å². The number of halogens is 3. The van der Waals surface area contributed by atoms with Crippen LogP contribution in [0.25, 0.3) is 0 Å².